The molecule has 0 unspecified atom stereocenters. The highest BCUT2D eigenvalue weighted by Gasteiger charge is 2.13. The van der Waals surface area contributed by atoms with Crippen LogP contribution in [0.3, 0.4) is 0 Å². The van der Waals surface area contributed by atoms with Gasteiger partial charge in [-0.3, -0.25) is 4.72 Å². The number of hydrogen-bond donors (Lipinski definition) is 1. The summed E-state index contributed by atoms with van der Waals surface area (Å²) in [6, 6.07) is 16.3. The van der Waals surface area contributed by atoms with Gasteiger partial charge in [0, 0.05) is 0 Å². The molecule has 0 radical (unpaired) electrons. The minimum atomic E-state index is -3.34. The molecule has 112 valence electrons. The van der Waals surface area contributed by atoms with Gasteiger partial charge in [0.05, 0.1) is 11.4 Å². The minimum absolute atomic E-state index is 0.114. The average Bonchev–Trinajstić information content (AvgIpc) is 2.48. The van der Waals surface area contributed by atoms with Gasteiger partial charge in [-0.25, -0.2) is 8.42 Å². The number of rotatable bonds is 7. The fourth-order valence-electron chi connectivity index (χ4n) is 1.81. The first-order valence-corrected chi connectivity index (χ1v) is 8.58. The topological polar surface area (TPSA) is 55.4 Å². The number of benzene rings is 2. The highest BCUT2D eigenvalue weighted by atomic mass is 32.2. The summed E-state index contributed by atoms with van der Waals surface area (Å²) in [6.07, 6.45) is 1.47. The number of unbranched alkanes of at least 4 members (excludes halogenated alkanes) is 1. The van der Waals surface area contributed by atoms with Gasteiger partial charge in [-0.1, -0.05) is 43.7 Å². The van der Waals surface area contributed by atoms with Crippen molar-refractivity contribution in [3.63, 3.8) is 0 Å². The molecule has 0 aromatic heterocycles. The normalized spacial score (nSPS) is 11.1. The summed E-state index contributed by atoms with van der Waals surface area (Å²) < 4.78 is 32.3. The Morgan fingerprint density at radius 2 is 1.67 bits per heavy atom. The van der Waals surface area contributed by atoms with E-state index >= 15 is 0 Å². The van der Waals surface area contributed by atoms with E-state index in [1.54, 1.807) is 18.2 Å². The Labute approximate surface area is 125 Å². The van der Waals surface area contributed by atoms with Crippen LogP contribution in [0.25, 0.3) is 0 Å². The van der Waals surface area contributed by atoms with Crippen LogP contribution in [-0.4, -0.2) is 14.2 Å². The van der Waals surface area contributed by atoms with Crippen LogP contribution in [0.1, 0.15) is 19.8 Å². The second-order valence-corrected chi connectivity index (χ2v) is 6.53. The monoisotopic (exact) mass is 305 g/mol. The van der Waals surface area contributed by atoms with Crippen molar-refractivity contribution in [3.8, 4) is 11.5 Å². The first-order valence-electron chi connectivity index (χ1n) is 6.93. The van der Waals surface area contributed by atoms with Gasteiger partial charge in [0.15, 0.2) is 5.75 Å². The number of nitrogens with one attached hydrogen (secondary N) is 1. The van der Waals surface area contributed by atoms with E-state index < -0.39 is 10.0 Å². The zero-order valence-corrected chi connectivity index (χ0v) is 12.8. The first kappa shape index (κ1) is 15.4. The average molecular weight is 305 g/mol. The summed E-state index contributed by atoms with van der Waals surface area (Å²) in [6.45, 7) is 1.96. The van der Waals surface area contributed by atoms with Gasteiger partial charge in [0.2, 0.25) is 10.0 Å². The maximum absolute atomic E-state index is 12.0. The minimum Gasteiger partial charge on any atom is -0.455 e. The molecule has 0 saturated heterocycles. The Morgan fingerprint density at radius 1 is 1.00 bits per heavy atom. The third-order valence-electron chi connectivity index (χ3n) is 2.89. The van der Waals surface area contributed by atoms with Crippen molar-refractivity contribution < 1.29 is 13.2 Å². The van der Waals surface area contributed by atoms with Crippen molar-refractivity contribution in [2.45, 2.75) is 19.8 Å². The summed E-state index contributed by atoms with van der Waals surface area (Å²) in [4.78, 5) is 0. The molecule has 0 aliphatic heterocycles. The zero-order chi connectivity index (χ0) is 15.1. The van der Waals surface area contributed by atoms with Gasteiger partial charge < -0.3 is 4.74 Å². The summed E-state index contributed by atoms with van der Waals surface area (Å²) in [5.74, 6) is 1.27. The standard InChI is InChI=1S/C16H19NO3S/c1-2-3-13-21(18,19)17-15-11-7-8-12-16(15)20-14-9-5-4-6-10-14/h4-12,17H,2-3,13H2,1H3. The number of para-hydroxylation sites is 3. The molecule has 0 saturated carbocycles. The van der Waals surface area contributed by atoms with Gasteiger partial charge in [-0.05, 0) is 30.7 Å². The van der Waals surface area contributed by atoms with E-state index in [1.165, 1.54) is 0 Å². The summed E-state index contributed by atoms with van der Waals surface area (Å²) >= 11 is 0. The molecule has 2 rings (SSSR count). The van der Waals surface area contributed by atoms with E-state index in [-0.39, 0.29) is 5.75 Å². The third-order valence-corrected chi connectivity index (χ3v) is 4.25. The molecule has 0 amide bonds. The molecule has 0 atom stereocenters. The van der Waals surface area contributed by atoms with Gasteiger partial charge in [-0.15, -0.1) is 0 Å². The van der Waals surface area contributed by atoms with Crippen LogP contribution in [0.5, 0.6) is 11.5 Å². The summed E-state index contributed by atoms with van der Waals surface area (Å²) in [5.41, 5.74) is 0.456. The van der Waals surface area contributed by atoms with Crippen LogP contribution in [0, 0.1) is 0 Å². The maximum Gasteiger partial charge on any atom is 0.232 e. The van der Waals surface area contributed by atoms with Gasteiger partial charge in [0.1, 0.15) is 5.75 Å². The quantitative estimate of drug-likeness (QED) is 0.840. The van der Waals surface area contributed by atoms with Crippen molar-refractivity contribution in [2.24, 2.45) is 0 Å². The molecule has 0 aliphatic carbocycles. The number of ether oxygens (including phenoxy) is 1. The lowest BCUT2D eigenvalue weighted by molar-refractivity contribution is 0.485. The van der Waals surface area contributed by atoms with Crippen molar-refractivity contribution in [1.82, 2.24) is 0 Å². The van der Waals surface area contributed by atoms with Gasteiger partial charge in [0.25, 0.3) is 0 Å². The van der Waals surface area contributed by atoms with E-state index in [9.17, 15) is 8.42 Å². The Kier molecular flexibility index (Phi) is 5.22. The molecule has 2 aromatic carbocycles. The predicted octanol–water partition coefficient (Wildman–Crippen LogP) is 4.02. The molecular weight excluding hydrogens is 286 g/mol. The first-order chi connectivity index (χ1) is 10.1. The molecule has 21 heavy (non-hydrogen) atoms. The Bertz CT molecular complexity index is 669. The zero-order valence-electron chi connectivity index (χ0n) is 12.0. The summed E-state index contributed by atoms with van der Waals surface area (Å²) in [7, 11) is -3.34. The van der Waals surface area contributed by atoms with Crippen LogP contribution in [0.15, 0.2) is 54.6 Å². The van der Waals surface area contributed by atoms with Gasteiger partial charge >= 0.3 is 0 Å². The van der Waals surface area contributed by atoms with Crippen LogP contribution >= 0.6 is 0 Å². The second kappa shape index (κ2) is 7.13. The van der Waals surface area contributed by atoms with E-state index in [2.05, 4.69) is 4.72 Å². The molecular formula is C16H19NO3S. The van der Waals surface area contributed by atoms with E-state index in [0.29, 0.717) is 23.6 Å². The molecule has 0 aliphatic rings. The molecule has 0 fully saturated rings. The van der Waals surface area contributed by atoms with Gasteiger partial charge in [-0.2, -0.15) is 0 Å². The number of hydrogen-bond acceptors (Lipinski definition) is 3. The van der Waals surface area contributed by atoms with E-state index in [4.69, 9.17) is 4.74 Å². The highest BCUT2D eigenvalue weighted by molar-refractivity contribution is 7.92. The maximum atomic E-state index is 12.0. The molecule has 0 heterocycles. The molecule has 4 nitrogen and oxygen atoms in total. The van der Waals surface area contributed by atoms with Crippen LogP contribution < -0.4 is 9.46 Å². The number of sulfonamides is 1. The number of anilines is 1. The lowest BCUT2D eigenvalue weighted by Crippen LogP contribution is -2.16. The fraction of sp³-hybridized carbons (Fsp3) is 0.250. The largest absolute Gasteiger partial charge is 0.455 e. The molecule has 1 N–H and O–H groups in total. The van der Waals surface area contributed by atoms with E-state index in [0.717, 1.165) is 6.42 Å². The highest BCUT2D eigenvalue weighted by Crippen LogP contribution is 2.29. The van der Waals surface area contributed by atoms with Crippen molar-refractivity contribution in [1.29, 1.82) is 0 Å². The van der Waals surface area contributed by atoms with Crippen LogP contribution in [0.4, 0.5) is 5.69 Å². The fourth-order valence-corrected chi connectivity index (χ4v) is 3.08. The van der Waals surface area contributed by atoms with Crippen molar-refractivity contribution in [2.75, 3.05) is 10.5 Å². The smallest absolute Gasteiger partial charge is 0.232 e. The lowest BCUT2D eigenvalue weighted by atomic mass is 10.3. The van der Waals surface area contributed by atoms with E-state index in [1.807, 2.05) is 43.3 Å². The SMILES string of the molecule is CCCCS(=O)(=O)Nc1ccccc1Oc1ccccc1. The Hall–Kier alpha value is -2.01. The van der Waals surface area contributed by atoms with Crippen molar-refractivity contribution >= 4 is 15.7 Å². The third kappa shape index (κ3) is 4.79. The molecule has 0 bridgehead atoms. The van der Waals surface area contributed by atoms with Crippen LogP contribution in [-0.2, 0) is 10.0 Å². The Morgan fingerprint density at radius 3 is 2.38 bits per heavy atom. The molecule has 2 aromatic rings. The predicted molar refractivity (Wildman–Crippen MR) is 85.3 cm³/mol. The lowest BCUT2D eigenvalue weighted by Gasteiger charge is -2.13. The molecule has 5 heteroatoms. The summed E-state index contributed by atoms with van der Waals surface area (Å²) in [5, 5.41) is 0. The second-order valence-electron chi connectivity index (χ2n) is 4.69. The van der Waals surface area contributed by atoms with Crippen molar-refractivity contribution in [3.05, 3.63) is 54.6 Å². The molecule has 0 spiro atoms. The van der Waals surface area contributed by atoms with Crippen LogP contribution in [0.2, 0.25) is 0 Å². The Balaban J connectivity index is 2.17.